The molecule has 2 aromatic heterocycles. The third-order valence-electron chi connectivity index (χ3n) is 14.3. The van der Waals surface area contributed by atoms with E-state index in [0.717, 1.165) is 94.5 Å². The standard InChI is InChI=1S/C47H53F2N11O3S/c1-4-13-59(14-5-2)64-55-36-9-7-34(48)43(33(36)25-50)63-31-6-8-37-38(18-31)52-39(26-51-37)29-21-46(22-29)11-16-57(17-12-46)30-23-47(24-30)27-58(28-47)41-20-40-32(19-35(41)49)44(54-56(40)3)60-15-10-42(61)53-45(60)62/h6-9,18-20,26,29-30,55H,4-5,10-17,21-24,27-28H2,1-3H3,(H,53,61,62). The van der Waals surface area contributed by atoms with E-state index in [1.165, 1.54) is 42.0 Å². The van der Waals surface area contributed by atoms with Crippen molar-refractivity contribution < 1.29 is 23.1 Å². The van der Waals surface area contributed by atoms with Gasteiger partial charge in [0.2, 0.25) is 5.91 Å². The maximum absolute atomic E-state index is 15.7. The Bertz CT molecular complexity index is 2670. The zero-order chi connectivity index (χ0) is 44.3. The van der Waals surface area contributed by atoms with Gasteiger partial charge in [-0.3, -0.25) is 24.7 Å². The van der Waals surface area contributed by atoms with E-state index in [4.69, 9.17) is 14.7 Å². The molecule has 334 valence electrons. The highest BCUT2D eigenvalue weighted by atomic mass is 32.2. The molecule has 3 amide bonds. The highest BCUT2D eigenvalue weighted by Gasteiger charge is 2.56. The van der Waals surface area contributed by atoms with E-state index in [1.807, 2.05) is 18.3 Å². The maximum Gasteiger partial charge on any atom is 0.329 e. The minimum atomic E-state index is -0.611. The number of nitrogens with one attached hydrogen (secondary N) is 2. The van der Waals surface area contributed by atoms with Crippen molar-refractivity contribution in [2.45, 2.75) is 83.6 Å². The van der Waals surface area contributed by atoms with Gasteiger partial charge in [-0.05, 0) is 106 Å². The van der Waals surface area contributed by atoms with E-state index in [-0.39, 0.29) is 41.4 Å². The second kappa shape index (κ2) is 16.8. The topological polar surface area (TPSA) is 148 Å². The maximum atomic E-state index is 15.7. The minimum Gasteiger partial charge on any atom is -0.453 e. The Morgan fingerprint density at radius 1 is 0.969 bits per heavy atom. The number of ether oxygens (including phenoxy) is 1. The fourth-order valence-corrected chi connectivity index (χ4v) is 11.8. The third kappa shape index (κ3) is 7.76. The summed E-state index contributed by atoms with van der Waals surface area (Å²) in [6.45, 7) is 10.1. The lowest BCUT2D eigenvalue weighted by Gasteiger charge is -2.63. The number of aryl methyl sites for hydroxylation is 1. The number of anilines is 3. The van der Waals surface area contributed by atoms with Gasteiger partial charge in [0.25, 0.3) is 0 Å². The average molecular weight is 890 g/mol. The summed E-state index contributed by atoms with van der Waals surface area (Å²) < 4.78 is 44.1. The minimum absolute atomic E-state index is 0.106. The molecule has 5 aliphatic rings. The van der Waals surface area contributed by atoms with Crippen LogP contribution in [0.5, 0.6) is 11.5 Å². The van der Waals surface area contributed by atoms with Gasteiger partial charge >= 0.3 is 6.03 Å². The molecule has 2 spiro atoms. The molecule has 0 bridgehead atoms. The van der Waals surface area contributed by atoms with Gasteiger partial charge in [-0.15, -0.1) is 0 Å². The van der Waals surface area contributed by atoms with Crippen molar-refractivity contribution in [2.75, 3.05) is 60.3 Å². The Kier molecular flexibility index (Phi) is 11.1. The summed E-state index contributed by atoms with van der Waals surface area (Å²) in [7, 11) is 1.79. The van der Waals surface area contributed by atoms with Crippen molar-refractivity contribution in [3.8, 4) is 17.6 Å². The number of nitriles is 1. The number of fused-ring (bicyclic) bond motifs is 2. The quantitative estimate of drug-likeness (QED) is 0.109. The molecule has 2 saturated carbocycles. The molecule has 17 heteroatoms. The van der Waals surface area contributed by atoms with Crippen molar-refractivity contribution in [3.05, 3.63) is 71.6 Å². The van der Waals surface area contributed by atoms with Gasteiger partial charge in [0.1, 0.15) is 23.2 Å². The number of likely N-dealkylation sites (tertiary alicyclic amines) is 1. The number of amides is 3. The van der Waals surface area contributed by atoms with Crippen LogP contribution in [0.1, 0.15) is 88.8 Å². The Balaban J connectivity index is 0.722. The Labute approximate surface area is 375 Å². The van der Waals surface area contributed by atoms with Crippen LogP contribution in [0.3, 0.4) is 0 Å². The highest BCUT2D eigenvalue weighted by molar-refractivity contribution is 7.98. The molecule has 14 nitrogen and oxygen atoms in total. The van der Waals surface area contributed by atoms with E-state index in [0.29, 0.717) is 51.2 Å². The first-order valence-electron chi connectivity index (χ1n) is 22.6. The fourth-order valence-electron chi connectivity index (χ4n) is 10.9. The van der Waals surface area contributed by atoms with Crippen LogP contribution in [-0.2, 0) is 11.8 Å². The number of hydrogen-bond acceptors (Lipinski definition) is 12. The van der Waals surface area contributed by atoms with Crippen molar-refractivity contribution in [2.24, 2.45) is 17.9 Å². The summed E-state index contributed by atoms with van der Waals surface area (Å²) in [6, 6.07) is 13.7. The molecule has 0 atom stereocenters. The largest absolute Gasteiger partial charge is 0.453 e. The molecule has 2 N–H and O–H groups in total. The number of hydrogen-bond donors (Lipinski definition) is 2. The van der Waals surface area contributed by atoms with Crippen LogP contribution in [0, 0.1) is 33.8 Å². The van der Waals surface area contributed by atoms with E-state index >= 15 is 8.78 Å². The predicted octanol–water partition coefficient (Wildman–Crippen LogP) is 8.63. The zero-order valence-corrected chi connectivity index (χ0v) is 37.3. The molecule has 5 heterocycles. The summed E-state index contributed by atoms with van der Waals surface area (Å²) in [4.78, 5) is 40.2. The van der Waals surface area contributed by atoms with Crippen LogP contribution >= 0.6 is 12.1 Å². The van der Waals surface area contributed by atoms with E-state index < -0.39 is 11.8 Å². The monoisotopic (exact) mass is 889 g/mol. The van der Waals surface area contributed by atoms with Gasteiger partial charge < -0.3 is 19.3 Å². The average Bonchev–Trinajstić information content (AvgIpc) is 3.55. The number of halogens is 2. The van der Waals surface area contributed by atoms with Crippen LogP contribution in [0.15, 0.2) is 48.7 Å². The molecule has 5 fully saturated rings. The van der Waals surface area contributed by atoms with Gasteiger partial charge in [-0.25, -0.2) is 22.9 Å². The normalized spacial score (nSPS) is 20.7. The van der Waals surface area contributed by atoms with Crippen LogP contribution < -0.4 is 24.6 Å². The zero-order valence-electron chi connectivity index (χ0n) is 36.5. The summed E-state index contributed by atoms with van der Waals surface area (Å²) in [5.74, 6) is -0.307. The predicted molar refractivity (Wildman–Crippen MR) is 243 cm³/mol. The summed E-state index contributed by atoms with van der Waals surface area (Å²) in [5.41, 5.74) is 4.82. The van der Waals surface area contributed by atoms with Gasteiger partial charge in [0.15, 0.2) is 17.4 Å². The number of benzene rings is 3. The number of rotatable bonds is 13. The molecule has 2 aliphatic carbocycles. The second-order valence-corrected chi connectivity index (χ2v) is 19.6. The number of piperidine rings is 1. The van der Waals surface area contributed by atoms with Gasteiger partial charge in [-0.1, -0.05) is 13.8 Å². The van der Waals surface area contributed by atoms with E-state index in [9.17, 15) is 14.9 Å². The van der Waals surface area contributed by atoms with Gasteiger partial charge in [-0.2, -0.15) is 10.4 Å². The number of carbonyl (C=O) groups is 2. The molecular formula is C47H53F2N11O3S. The first-order valence-corrected chi connectivity index (χ1v) is 23.4. The second-order valence-electron chi connectivity index (χ2n) is 18.7. The van der Waals surface area contributed by atoms with Crippen LogP contribution in [-0.4, -0.2) is 92.7 Å². The lowest BCUT2D eigenvalue weighted by Crippen LogP contribution is -2.67. The number of nitrogens with zero attached hydrogens (tertiary/aromatic N) is 9. The summed E-state index contributed by atoms with van der Waals surface area (Å²) in [5, 5.41) is 17.5. The lowest BCUT2D eigenvalue weighted by atomic mass is 9.55. The molecule has 0 unspecified atom stereocenters. The summed E-state index contributed by atoms with van der Waals surface area (Å²) in [6.07, 6.45) is 10.8. The van der Waals surface area contributed by atoms with Gasteiger partial charge in [0.05, 0.1) is 33.6 Å². The number of imide groups is 1. The fraction of sp³-hybridized carbons (Fsp3) is 0.489. The van der Waals surface area contributed by atoms with Crippen LogP contribution in [0.4, 0.5) is 30.8 Å². The van der Waals surface area contributed by atoms with E-state index in [1.54, 1.807) is 29.9 Å². The SMILES string of the molecule is CCCN(CCC)SNc1ccc(F)c(Oc2ccc3ncc(C4CC5(CCN(C6CC7(C6)CN(c6cc8c(cc6F)c(N6CCC(=O)NC6=O)nn8C)C7)CC5)C4)nc3c2)c1C#N. The van der Waals surface area contributed by atoms with E-state index in [2.05, 4.69) is 49.2 Å². The first-order chi connectivity index (χ1) is 31.0. The Hall–Kier alpha value is -5.57. The van der Waals surface area contributed by atoms with Gasteiger partial charge in [0, 0.05) is 93.4 Å². The molecular weight excluding hydrogens is 837 g/mol. The van der Waals surface area contributed by atoms with Crippen molar-refractivity contribution in [1.29, 1.82) is 5.26 Å². The van der Waals surface area contributed by atoms with Crippen molar-refractivity contribution in [1.82, 2.24) is 34.3 Å². The number of aromatic nitrogens is 4. The van der Waals surface area contributed by atoms with Crippen LogP contribution in [0.25, 0.3) is 21.9 Å². The molecule has 0 radical (unpaired) electrons. The smallest absolute Gasteiger partial charge is 0.329 e. The van der Waals surface area contributed by atoms with Crippen molar-refractivity contribution in [3.63, 3.8) is 0 Å². The Morgan fingerprint density at radius 2 is 1.73 bits per heavy atom. The van der Waals surface area contributed by atoms with Crippen molar-refractivity contribution >= 4 is 63.2 Å². The molecule has 3 saturated heterocycles. The third-order valence-corrected chi connectivity index (χ3v) is 15.2. The summed E-state index contributed by atoms with van der Waals surface area (Å²) >= 11 is 1.41. The first kappa shape index (κ1) is 42.4. The number of urea groups is 1. The Morgan fingerprint density at radius 3 is 2.45 bits per heavy atom. The number of carbonyl (C=O) groups excluding carboxylic acids is 2. The van der Waals surface area contributed by atoms with Crippen LogP contribution in [0.2, 0.25) is 0 Å². The highest BCUT2D eigenvalue weighted by Crippen LogP contribution is 2.58. The molecule has 3 aliphatic heterocycles. The lowest BCUT2D eigenvalue weighted by molar-refractivity contribution is -0.120. The molecule has 3 aromatic carbocycles. The molecule has 5 aromatic rings. The molecule has 64 heavy (non-hydrogen) atoms. The molecule has 10 rings (SSSR count).